The van der Waals surface area contributed by atoms with Gasteiger partial charge in [0, 0.05) is 30.2 Å². The minimum Gasteiger partial charge on any atom is -0.463 e. The Morgan fingerprint density at radius 1 is 1.04 bits per heavy atom. The number of likely N-dealkylation sites (N-methyl/N-ethyl adjacent to an activating group) is 1. The van der Waals surface area contributed by atoms with Crippen molar-refractivity contribution in [1.29, 1.82) is 0 Å². The van der Waals surface area contributed by atoms with Crippen molar-refractivity contribution in [2.45, 2.75) is 140 Å². The largest absolute Gasteiger partial charge is 0.463 e. The van der Waals surface area contributed by atoms with Crippen LogP contribution in [0.4, 0.5) is 0 Å². The fourth-order valence-corrected chi connectivity index (χ4v) is 11.4. The molecule has 0 amide bonds. The molecule has 2 heterocycles. The van der Waals surface area contributed by atoms with Gasteiger partial charge in [0.25, 0.3) is 5.60 Å². The van der Waals surface area contributed by atoms with E-state index in [1.807, 2.05) is 0 Å². The Balaban J connectivity index is 1.15. The van der Waals surface area contributed by atoms with Crippen molar-refractivity contribution >= 4 is 17.5 Å². The van der Waals surface area contributed by atoms with Crippen LogP contribution in [0.3, 0.4) is 0 Å². The van der Waals surface area contributed by atoms with Gasteiger partial charge in [-0.1, -0.05) is 62.8 Å². The number of aliphatic hydroxyl groups is 1. The lowest BCUT2D eigenvalue weighted by atomic mass is 9.59. The van der Waals surface area contributed by atoms with Crippen LogP contribution in [0.15, 0.2) is 34.9 Å². The van der Waals surface area contributed by atoms with Gasteiger partial charge >= 0.3 is 5.97 Å². The van der Waals surface area contributed by atoms with Crippen molar-refractivity contribution in [1.82, 2.24) is 10.6 Å². The summed E-state index contributed by atoms with van der Waals surface area (Å²) in [6, 6.07) is 0.0590. The minimum atomic E-state index is -1.93. The van der Waals surface area contributed by atoms with Crippen molar-refractivity contribution in [3.63, 3.8) is 0 Å². The molecule has 0 bridgehead atoms. The van der Waals surface area contributed by atoms with Crippen molar-refractivity contribution < 1.29 is 29.0 Å². The Hall–Kier alpha value is -2.17. The molecule has 3 saturated carbocycles. The number of ketones is 2. The lowest BCUT2D eigenvalue weighted by molar-refractivity contribution is -0.160. The molecule has 0 spiro atoms. The fraction of sp³-hybridized carbons (Fsp3) is 0.780. The number of piperidine rings is 1. The molecular formula is C41H61N3O6. The third-order valence-corrected chi connectivity index (χ3v) is 14.2. The molecule has 9 nitrogen and oxygen atoms in total. The third-order valence-electron chi connectivity index (χ3n) is 14.2. The van der Waals surface area contributed by atoms with Gasteiger partial charge in [-0.3, -0.25) is 9.59 Å². The Kier molecular flexibility index (Phi) is 10.6. The van der Waals surface area contributed by atoms with Gasteiger partial charge in [0.2, 0.25) is 0 Å². The van der Waals surface area contributed by atoms with E-state index in [0.717, 1.165) is 88.4 Å². The van der Waals surface area contributed by atoms with Crippen LogP contribution in [0.25, 0.3) is 0 Å². The predicted octanol–water partition coefficient (Wildman–Crippen LogP) is 5.21. The highest BCUT2D eigenvalue weighted by Crippen LogP contribution is 2.62. The average Bonchev–Trinajstić information content (AvgIpc) is 3.84. The summed E-state index contributed by atoms with van der Waals surface area (Å²) in [5.74, 6) is -1.11. The number of hydrogen-bond donors (Lipinski definition) is 4. The van der Waals surface area contributed by atoms with Crippen molar-refractivity contribution in [3.8, 4) is 0 Å². The van der Waals surface area contributed by atoms with Crippen molar-refractivity contribution in [2.24, 2.45) is 40.7 Å². The zero-order valence-electron chi connectivity index (χ0n) is 30.5. The van der Waals surface area contributed by atoms with Crippen LogP contribution in [0.5, 0.6) is 0 Å². The zero-order chi connectivity index (χ0) is 35.1. The highest BCUT2D eigenvalue weighted by atomic mass is 16.7. The van der Waals surface area contributed by atoms with E-state index in [4.69, 9.17) is 15.2 Å². The summed E-state index contributed by atoms with van der Waals surface area (Å²) >= 11 is 0. The topological polar surface area (TPSA) is 143 Å². The first-order chi connectivity index (χ1) is 24.2. The molecule has 5 N–H and O–H groups in total. The number of aliphatic hydroxyl groups excluding tert-OH is 1. The number of hydrogen-bond acceptors (Lipinski definition) is 9. The van der Waals surface area contributed by atoms with E-state index in [0.29, 0.717) is 24.7 Å². The Bertz CT molecular complexity index is 1410. The predicted molar refractivity (Wildman–Crippen MR) is 192 cm³/mol. The number of nitrogens with two attached hydrogens (primary N) is 1. The van der Waals surface area contributed by atoms with E-state index < -0.39 is 29.0 Å². The number of Topliss-reactive ketones (excluding diaryl/α,β-unsaturated/α-hetero) is 2. The molecule has 2 saturated heterocycles. The Morgan fingerprint density at radius 2 is 1.80 bits per heavy atom. The summed E-state index contributed by atoms with van der Waals surface area (Å²) in [4.78, 5) is 43.4. The Morgan fingerprint density at radius 3 is 2.52 bits per heavy atom. The van der Waals surface area contributed by atoms with Gasteiger partial charge < -0.3 is 30.9 Å². The molecule has 9 heteroatoms. The molecule has 0 radical (unpaired) electrons. The van der Waals surface area contributed by atoms with Gasteiger partial charge in [-0.05, 0) is 113 Å². The summed E-state index contributed by atoms with van der Waals surface area (Å²) in [6.45, 7) is 5.78. The van der Waals surface area contributed by atoms with Crippen LogP contribution in [0.2, 0.25) is 0 Å². The number of allylic oxidation sites excluding steroid dienone is 4. The molecule has 9 unspecified atom stereocenters. The number of nitrogens with one attached hydrogen (secondary N) is 2. The van der Waals surface area contributed by atoms with Crippen LogP contribution in [0.1, 0.15) is 117 Å². The van der Waals surface area contributed by atoms with Gasteiger partial charge in [-0.2, -0.15) is 0 Å². The van der Waals surface area contributed by atoms with Gasteiger partial charge in [-0.25, -0.2) is 4.79 Å². The summed E-state index contributed by atoms with van der Waals surface area (Å²) in [5, 5.41) is 17.9. The van der Waals surface area contributed by atoms with E-state index in [1.165, 1.54) is 24.8 Å². The second kappa shape index (κ2) is 14.7. The molecule has 0 aromatic rings. The summed E-state index contributed by atoms with van der Waals surface area (Å²) in [6.07, 6.45) is 21.5. The van der Waals surface area contributed by atoms with Crippen LogP contribution in [-0.2, 0) is 23.9 Å². The number of esters is 1. The van der Waals surface area contributed by atoms with Gasteiger partial charge in [0.15, 0.2) is 17.2 Å². The lowest BCUT2D eigenvalue weighted by Gasteiger charge is -2.47. The van der Waals surface area contributed by atoms with Crippen molar-refractivity contribution in [2.75, 3.05) is 26.3 Å². The summed E-state index contributed by atoms with van der Waals surface area (Å²) < 4.78 is 12.5. The monoisotopic (exact) mass is 691 g/mol. The standard InChI is InChI=1S/C41H61N3O6/c1-3-43-34-20-28-12-6-5-11-27(28)19-29(34)25-49-38(48)41-37(47)33-14-8-7-13-32(33)36(46)40(41,50-41)23-30(24-45)26(2)22-39(16-9-4-10-17-39)31-15-18-44-35(42)21-31/h6,12,20,27,29,31-35,43-45H,3-5,7-11,13-19,21-25,42H2,1-2H3. The van der Waals surface area contributed by atoms with E-state index >= 15 is 0 Å². The normalized spacial score (nSPS) is 39.8. The van der Waals surface area contributed by atoms with E-state index in [-0.39, 0.29) is 54.7 Å². The number of rotatable bonds is 11. The zero-order valence-corrected chi connectivity index (χ0v) is 30.5. The maximum absolute atomic E-state index is 14.6. The van der Waals surface area contributed by atoms with E-state index in [2.05, 4.69) is 42.7 Å². The highest BCUT2D eigenvalue weighted by Gasteiger charge is 2.87. The smallest absolute Gasteiger partial charge is 0.350 e. The maximum Gasteiger partial charge on any atom is 0.350 e. The third kappa shape index (κ3) is 6.31. The number of ether oxygens (including phenoxy) is 2. The molecular weight excluding hydrogens is 630 g/mol. The maximum atomic E-state index is 14.6. The number of carbonyl (C=O) groups excluding carboxylic acids is 3. The molecule has 9 atom stereocenters. The number of carbonyl (C=O) groups is 3. The van der Waals surface area contributed by atoms with E-state index in [9.17, 15) is 19.5 Å². The first-order valence-corrected chi connectivity index (χ1v) is 20.0. The van der Waals surface area contributed by atoms with Crippen LogP contribution < -0.4 is 16.4 Å². The number of fused-ring (bicyclic) bond motifs is 3. The molecule has 276 valence electrons. The average molecular weight is 692 g/mol. The van der Waals surface area contributed by atoms with Gasteiger partial charge in [-0.15, -0.1) is 0 Å². The van der Waals surface area contributed by atoms with E-state index in [1.54, 1.807) is 0 Å². The first-order valence-electron chi connectivity index (χ1n) is 20.0. The highest BCUT2D eigenvalue weighted by molar-refractivity contribution is 6.23. The summed E-state index contributed by atoms with van der Waals surface area (Å²) in [7, 11) is 0. The molecule has 0 aromatic carbocycles. The van der Waals surface area contributed by atoms with Gasteiger partial charge in [0.05, 0.1) is 19.4 Å². The molecule has 7 rings (SSSR count). The number of epoxide rings is 1. The quantitative estimate of drug-likeness (QED) is 0.0994. The van der Waals surface area contributed by atoms with Gasteiger partial charge in [0.1, 0.15) is 0 Å². The van der Waals surface area contributed by atoms with Crippen LogP contribution >= 0.6 is 0 Å². The lowest BCUT2D eigenvalue weighted by Crippen LogP contribution is -2.58. The fourth-order valence-electron chi connectivity index (χ4n) is 11.4. The second-order valence-corrected chi connectivity index (χ2v) is 17.0. The van der Waals surface area contributed by atoms with Crippen LogP contribution in [-0.4, -0.2) is 72.4 Å². The van der Waals surface area contributed by atoms with Crippen molar-refractivity contribution in [3.05, 3.63) is 34.9 Å². The molecule has 0 aromatic heterocycles. The van der Waals surface area contributed by atoms with Crippen LogP contribution in [0, 0.1) is 35.0 Å². The molecule has 5 aliphatic carbocycles. The summed E-state index contributed by atoms with van der Waals surface area (Å²) in [5.41, 5.74) is 6.08. The molecule has 7 aliphatic rings. The Labute approximate surface area is 298 Å². The first kappa shape index (κ1) is 36.2. The molecule has 5 fully saturated rings. The second-order valence-electron chi connectivity index (χ2n) is 17.0. The SMILES string of the molecule is CCNC1C=C2C=CCCC2CC1COC(=O)C12OC1(CC(CO)=C(C)CC1(C3CCNC(N)C3)CCCCC1)C(=O)C1CCCCC1C2=O. The molecule has 50 heavy (non-hydrogen) atoms. The molecule has 2 aliphatic heterocycles. The minimum absolute atomic E-state index is 0.00642.